The summed E-state index contributed by atoms with van der Waals surface area (Å²) >= 11 is 0. The average molecular weight is 313 g/mol. The Kier molecular flexibility index (Phi) is 5.14. The molecule has 11 heteroatoms. The van der Waals surface area contributed by atoms with Crippen LogP contribution in [-0.4, -0.2) is 65.2 Å². The van der Waals surface area contributed by atoms with Crippen LogP contribution in [-0.2, 0) is 10.0 Å². The number of carboxylic acids is 1. The average Bonchev–Trinajstić information content (AvgIpc) is 2.70. The molecule has 8 nitrogen and oxygen atoms in total. The summed E-state index contributed by atoms with van der Waals surface area (Å²) < 4.78 is 49.6. The van der Waals surface area contributed by atoms with Gasteiger partial charge in [-0.2, -0.15) is 9.40 Å². The van der Waals surface area contributed by atoms with E-state index in [-0.39, 0.29) is 5.69 Å². The van der Waals surface area contributed by atoms with Crippen molar-refractivity contribution in [3.8, 4) is 0 Å². The Morgan fingerprint density at radius 2 is 2.10 bits per heavy atom. The van der Waals surface area contributed by atoms with E-state index in [2.05, 4.69) is 10.2 Å². The fourth-order valence-corrected chi connectivity index (χ4v) is 3.28. The SMILES string of the molecule is Cc1[nH]nc(C(=O)O)c1S(=O)(=O)N(CCO)CC(F)F. The Balaban J connectivity index is 3.33. The maximum absolute atomic E-state index is 12.4. The van der Waals surface area contributed by atoms with E-state index >= 15 is 0 Å². The molecule has 0 amide bonds. The molecule has 0 unspecified atom stereocenters. The molecule has 0 aliphatic heterocycles. The maximum Gasteiger partial charge on any atom is 0.357 e. The molecule has 1 heterocycles. The molecular formula is C9H13F2N3O5S. The molecule has 0 aliphatic rings. The highest BCUT2D eigenvalue weighted by Gasteiger charge is 2.34. The first-order chi connectivity index (χ1) is 9.21. The van der Waals surface area contributed by atoms with Gasteiger partial charge in [0.25, 0.3) is 6.43 Å². The summed E-state index contributed by atoms with van der Waals surface area (Å²) in [6.45, 7) is -1.14. The number of aromatic amines is 1. The quantitative estimate of drug-likeness (QED) is 0.633. The number of sulfonamides is 1. The van der Waals surface area contributed by atoms with Crippen LogP contribution in [0.15, 0.2) is 4.90 Å². The molecule has 0 aliphatic carbocycles. The van der Waals surface area contributed by atoms with Crippen LogP contribution in [0.2, 0.25) is 0 Å². The van der Waals surface area contributed by atoms with Gasteiger partial charge in [-0.3, -0.25) is 5.10 Å². The molecule has 0 saturated carbocycles. The van der Waals surface area contributed by atoms with Gasteiger partial charge < -0.3 is 10.2 Å². The zero-order valence-corrected chi connectivity index (χ0v) is 11.2. The van der Waals surface area contributed by atoms with Crippen LogP contribution in [0, 0.1) is 6.92 Å². The summed E-state index contributed by atoms with van der Waals surface area (Å²) in [6, 6.07) is 0. The van der Waals surface area contributed by atoms with Crippen LogP contribution >= 0.6 is 0 Å². The summed E-state index contributed by atoms with van der Waals surface area (Å²) in [6.07, 6.45) is -2.96. The van der Waals surface area contributed by atoms with Crippen LogP contribution in [0.25, 0.3) is 0 Å². The van der Waals surface area contributed by atoms with Crippen molar-refractivity contribution in [2.45, 2.75) is 18.2 Å². The highest BCUT2D eigenvalue weighted by atomic mass is 32.2. The van der Waals surface area contributed by atoms with Crippen molar-refractivity contribution < 1.29 is 32.2 Å². The van der Waals surface area contributed by atoms with Gasteiger partial charge in [0, 0.05) is 6.54 Å². The second-order valence-corrected chi connectivity index (χ2v) is 5.68. The minimum Gasteiger partial charge on any atom is -0.476 e. The van der Waals surface area contributed by atoms with E-state index in [4.69, 9.17) is 10.2 Å². The van der Waals surface area contributed by atoms with E-state index in [0.29, 0.717) is 4.31 Å². The molecule has 114 valence electrons. The van der Waals surface area contributed by atoms with Crippen molar-refractivity contribution >= 4 is 16.0 Å². The highest BCUT2D eigenvalue weighted by molar-refractivity contribution is 7.89. The molecule has 1 rings (SSSR count). The summed E-state index contributed by atoms with van der Waals surface area (Å²) in [7, 11) is -4.50. The fraction of sp³-hybridized carbons (Fsp3) is 0.556. The Bertz CT molecular complexity index is 586. The number of aromatic nitrogens is 2. The number of aliphatic hydroxyl groups is 1. The van der Waals surface area contributed by atoms with Crippen LogP contribution in [0.1, 0.15) is 16.2 Å². The van der Waals surface area contributed by atoms with Gasteiger partial charge in [0.15, 0.2) is 5.69 Å². The number of nitrogens with one attached hydrogen (secondary N) is 1. The first-order valence-electron chi connectivity index (χ1n) is 5.39. The lowest BCUT2D eigenvalue weighted by Crippen LogP contribution is -2.38. The largest absolute Gasteiger partial charge is 0.476 e. The number of H-pyrrole nitrogens is 1. The van der Waals surface area contributed by atoms with E-state index in [1.165, 1.54) is 6.92 Å². The van der Waals surface area contributed by atoms with E-state index in [0.717, 1.165) is 0 Å². The van der Waals surface area contributed by atoms with Gasteiger partial charge in [0.2, 0.25) is 10.0 Å². The predicted molar refractivity (Wildman–Crippen MR) is 62.1 cm³/mol. The summed E-state index contributed by atoms with van der Waals surface area (Å²) in [5.41, 5.74) is -0.862. The van der Waals surface area contributed by atoms with Gasteiger partial charge in [-0.25, -0.2) is 22.0 Å². The number of hydrogen-bond donors (Lipinski definition) is 3. The molecule has 0 atom stereocenters. The van der Waals surface area contributed by atoms with Gasteiger partial charge in [0.1, 0.15) is 4.90 Å². The minimum absolute atomic E-state index is 0.0837. The topological polar surface area (TPSA) is 124 Å². The standard InChI is InChI=1S/C9H13F2N3O5S/c1-5-8(7(9(16)17)13-12-5)20(18,19)14(2-3-15)4-6(10)11/h6,15H,2-4H2,1H3,(H,12,13)(H,16,17). The third kappa shape index (κ3) is 3.29. The number of nitrogens with zero attached hydrogens (tertiary/aromatic N) is 2. The number of carbonyl (C=O) groups is 1. The lowest BCUT2D eigenvalue weighted by atomic mass is 10.4. The first kappa shape index (κ1) is 16.5. The maximum atomic E-state index is 12.4. The normalized spacial score (nSPS) is 12.3. The van der Waals surface area contributed by atoms with Crippen LogP contribution < -0.4 is 0 Å². The van der Waals surface area contributed by atoms with Gasteiger partial charge in [-0.05, 0) is 6.92 Å². The lowest BCUT2D eigenvalue weighted by molar-refractivity contribution is 0.0686. The number of aryl methyl sites for hydroxylation is 1. The second-order valence-electron chi connectivity index (χ2n) is 3.81. The van der Waals surface area contributed by atoms with Crippen LogP contribution in [0.5, 0.6) is 0 Å². The molecule has 0 fully saturated rings. The van der Waals surface area contributed by atoms with Gasteiger partial charge in [0.05, 0.1) is 18.8 Å². The Morgan fingerprint density at radius 1 is 1.50 bits per heavy atom. The molecule has 0 radical (unpaired) electrons. The summed E-state index contributed by atoms with van der Waals surface area (Å²) in [5.74, 6) is -1.60. The molecule has 1 aromatic heterocycles. The monoisotopic (exact) mass is 313 g/mol. The van der Waals surface area contributed by atoms with Crippen molar-refractivity contribution in [1.82, 2.24) is 14.5 Å². The summed E-state index contributed by atoms with van der Waals surface area (Å²) in [4.78, 5) is 10.2. The number of aromatic carboxylic acids is 1. The molecule has 3 N–H and O–H groups in total. The van der Waals surface area contributed by atoms with Crippen molar-refractivity contribution in [2.75, 3.05) is 19.7 Å². The first-order valence-corrected chi connectivity index (χ1v) is 6.83. The fourth-order valence-electron chi connectivity index (χ4n) is 1.58. The molecule has 0 saturated heterocycles. The number of halogens is 2. The van der Waals surface area contributed by atoms with Crippen LogP contribution in [0.3, 0.4) is 0 Å². The third-order valence-electron chi connectivity index (χ3n) is 2.38. The molecular weight excluding hydrogens is 300 g/mol. The lowest BCUT2D eigenvalue weighted by Gasteiger charge is -2.20. The second kappa shape index (κ2) is 6.24. The van der Waals surface area contributed by atoms with Crippen molar-refractivity contribution in [3.05, 3.63) is 11.4 Å². The smallest absolute Gasteiger partial charge is 0.357 e. The number of aliphatic hydroxyl groups excluding tert-OH is 1. The molecule has 0 bridgehead atoms. The number of rotatable bonds is 7. The van der Waals surface area contributed by atoms with Gasteiger partial charge >= 0.3 is 5.97 Å². The zero-order chi connectivity index (χ0) is 15.5. The van der Waals surface area contributed by atoms with Gasteiger partial charge in [-0.1, -0.05) is 0 Å². The summed E-state index contributed by atoms with van der Waals surface area (Å²) in [5, 5.41) is 23.2. The Morgan fingerprint density at radius 3 is 2.55 bits per heavy atom. The van der Waals surface area contributed by atoms with E-state index in [1.807, 2.05) is 0 Å². The van der Waals surface area contributed by atoms with Gasteiger partial charge in [-0.15, -0.1) is 0 Å². The molecule has 1 aromatic rings. The minimum atomic E-state index is -4.50. The number of hydrogen-bond acceptors (Lipinski definition) is 5. The number of alkyl halides is 2. The van der Waals surface area contributed by atoms with Crippen molar-refractivity contribution in [3.63, 3.8) is 0 Å². The molecule has 0 spiro atoms. The van der Waals surface area contributed by atoms with Crippen LogP contribution in [0.4, 0.5) is 8.78 Å². The van der Waals surface area contributed by atoms with E-state index < -0.39 is 52.7 Å². The van der Waals surface area contributed by atoms with E-state index in [1.54, 1.807) is 0 Å². The van der Waals surface area contributed by atoms with Crippen molar-refractivity contribution in [2.24, 2.45) is 0 Å². The molecule has 0 aromatic carbocycles. The van der Waals surface area contributed by atoms with E-state index in [9.17, 15) is 22.0 Å². The number of carboxylic acid groups (broad SMARTS) is 1. The predicted octanol–water partition coefficient (Wildman–Crippen LogP) is -0.336. The third-order valence-corrected chi connectivity index (χ3v) is 4.41. The zero-order valence-electron chi connectivity index (χ0n) is 10.4. The molecule has 20 heavy (non-hydrogen) atoms. The Hall–Kier alpha value is -1.59. The Labute approximate surface area is 113 Å². The highest BCUT2D eigenvalue weighted by Crippen LogP contribution is 2.22. The van der Waals surface area contributed by atoms with Crippen molar-refractivity contribution in [1.29, 1.82) is 0 Å².